The molecule has 122 valence electrons. The van der Waals surface area contributed by atoms with Crippen molar-refractivity contribution in [3.8, 4) is 11.5 Å². The summed E-state index contributed by atoms with van der Waals surface area (Å²) in [4.78, 5) is 18.9. The third kappa shape index (κ3) is 2.03. The number of imidazole rings is 1. The lowest BCUT2D eigenvalue weighted by Crippen LogP contribution is -2.35. The van der Waals surface area contributed by atoms with Gasteiger partial charge in [0.2, 0.25) is 18.0 Å². The van der Waals surface area contributed by atoms with Gasteiger partial charge in [-0.3, -0.25) is 0 Å². The van der Waals surface area contributed by atoms with Crippen LogP contribution in [0.3, 0.4) is 0 Å². The van der Waals surface area contributed by atoms with E-state index in [4.69, 9.17) is 4.52 Å². The van der Waals surface area contributed by atoms with Gasteiger partial charge in [-0.1, -0.05) is 41.9 Å². The zero-order valence-electron chi connectivity index (χ0n) is 13.0. The maximum absolute atomic E-state index is 11.1. The molecule has 0 bridgehead atoms. The molecule has 0 unspecified atom stereocenters. The van der Waals surface area contributed by atoms with E-state index in [1.807, 2.05) is 18.2 Å². The number of nitro groups is 1. The second kappa shape index (κ2) is 5.26. The second-order valence-electron chi connectivity index (χ2n) is 6.01. The van der Waals surface area contributed by atoms with E-state index in [0.717, 1.165) is 24.8 Å². The van der Waals surface area contributed by atoms with Crippen LogP contribution >= 0.6 is 0 Å². The van der Waals surface area contributed by atoms with Gasteiger partial charge in [0.05, 0.1) is 5.41 Å². The highest BCUT2D eigenvalue weighted by Gasteiger charge is 2.45. The molecule has 0 saturated heterocycles. The molecule has 2 aromatic heterocycles. The SMILES string of the molecule is Cn1cnc([N+](=O)[O-])c1-c1noc(C2(c3ccccc3)CCC2)n1. The zero-order chi connectivity index (χ0) is 16.7. The molecule has 4 rings (SSSR count). The average molecular weight is 325 g/mol. The number of aromatic nitrogens is 4. The lowest BCUT2D eigenvalue weighted by molar-refractivity contribution is -0.388. The van der Waals surface area contributed by atoms with Crippen LogP contribution < -0.4 is 0 Å². The van der Waals surface area contributed by atoms with E-state index < -0.39 is 4.92 Å². The summed E-state index contributed by atoms with van der Waals surface area (Å²) < 4.78 is 7.05. The molecule has 24 heavy (non-hydrogen) atoms. The van der Waals surface area contributed by atoms with Gasteiger partial charge >= 0.3 is 5.82 Å². The van der Waals surface area contributed by atoms with Crippen molar-refractivity contribution in [3.63, 3.8) is 0 Å². The molecule has 0 amide bonds. The third-order valence-electron chi connectivity index (χ3n) is 4.67. The first-order chi connectivity index (χ1) is 11.6. The Bertz CT molecular complexity index is 896. The molecule has 1 aliphatic carbocycles. The Labute approximate surface area is 137 Å². The zero-order valence-corrected chi connectivity index (χ0v) is 13.0. The van der Waals surface area contributed by atoms with E-state index in [1.165, 1.54) is 10.9 Å². The molecule has 0 N–H and O–H groups in total. The van der Waals surface area contributed by atoms with Crippen LogP contribution in [0.15, 0.2) is 41.2 Å². The van der Waals surface area contributed by atoms with Gasteiger partial charge in [0.25, 0.3) is 0 Å². The Morgan fingerprint density at radius 2 is 2.04 bits per heavy atom. The summed E-state index contributed by atoms with van der Waals surface area (Å²) in [6.07, 6.45) is 4.30. The summed E-state index contributed by atoms with van der Waals surface area (Å²) >= 11 is 0. The molecule has 0 spiro atoms. The van der Waals surface area contributed by atoms with Gasteiger partial charge in [0, 0.05) is 7.05 Å². The Hall–Kier alpha value is -3.03. The number of aryl methyl sites for hydroxylation is 1. The summed E-state index contributed by atoms with van der Waals surface area (Å²) in [6.45, 7) is 0. The number of nitrogens with zero attached hydrogens (tertiary/aromatic N) is 5. The molecular weight excluding hydrogens is 310 g/mol. The van der Waals surface area contributed by atoms with Gasteiger partial charge in [0.15, 0.2) is 5.69 Å². The fourth-order valence-corrected chi connectivity index (χ4v) is 3.24. The summed E-state index contributed by atoms with van der Waals surface area (Å²) in [7, 11) is 1.67. The molecule has 8 nitrogen and oxygen atoms in total. The first-order valence-electron chi connectivity index (χ1n) is 7.67. The number of hydrogen-bond donors (Lipinski definition) is 0. The fraction of sp³-hybridized carbons (Fsp3) is 0.312. The van der Waals surface area contributed by atoms with E-state index >= 15 is 0 Å². The number of rotatable bonds is 4. The highest BCUT2D eigenvalue weighted by molar-refractivity contribution is 5.60. The second-order valence-corrected chi connectivity index (χ2v) is 6.01. The van der Waals surface area contributed by atoms with Crippen LogP contribution in [0, 0.1) is 10.1 Å². The lowest BCUT2D eigenvalue weighted by Gasteiger charge is -2.38. The molecule has 0 aliphatic heterocycles. The Morgan fingerprint density at radius 3 is 2.67 bits per heavy atom. The van der Waals surface area contributed by atoms with Gasteiger partial charge in [-0.05, 0) is 28.3 Å². The molecule has 2 heterocycles. The molecule has 3 aromatic rings. The molecule has 1 aliphatic rings. The van der Waals surface area contributed by atoms with Gasteiger partial charge in [-0.15, -0.1) is 0 Å². The van der Waals surface area contributed by atoms with Crippen LogP contribution in [0.2, 0.25) is 0 Å². The summed E-state index contributed by atoms with van der Waals surface area (Å²) in [5.74, 6) is 0.427. The van der Waals surface area contributed by atoms with E-state index in [0.29, 0.717) is 5.89 Å². The standard InChI is InChI=1S/C16H15N5O3/c1-20-10-17-14(21(22)23)12(20)13-18-15(24-19-13)16(8-5-9-16)11-6-3-2-4-7-11/h2-4,6-7,10H,5,8-9H2,1H3. The van der Waals surface area contributed by atoms with Gasteiger partial charge in [0.1, 0.15) is 0 Å². The largest absolute Gasteiger partial charge is 0.393 e. The van der Waals surface area contributed by atoms with Crippen molar-refractivity contribution >= 4 is 5.82 Å². The van der Waals surface area contributed by atoms with Crippen molar-refractivity contribution < 1.29 is 9.45 Å². The predicted octanol–water partition coefficient (Wildman–Crippen LogP) is 2.85. The first kappa shape index (κ1) is 14.6. The van der Waals surface area contributed by atoms with Crippen molar-refractivity contribution in [2.24, 2.45) is 7.05 Å². The minimum atomic E-state index is -0.540. The van der Waals surface area contributed by atoms with Crippen molar-refractivity contribution in [3.05, 3.63) is 58.2 Å². The van der Waals surface area contributed by atoms with Crippen LogP contribution in [-0.4, -0.2) is 24.6 Å². The van der Waals surface area contributed by atoms with Crippen molar-refractivity contribution in [2.75, 3.05) is 0 Å². The topological polar surface area (TPSA) is 99.9 Å². The maximum atomic E-state index is 11.1. The van der Waals surface area contributed by atoms with Crippen LogP contribution in [0.4, 0.5) is 5.82 Å². The lowest BCUT2D eigenvalue weighted by atomic mass is 9.64. The Morgan fingerprint density at radius 1 is 1.29 bits per heavy atom. The van der Waals surface area contributed by atoms with Gasteiger partial charge in [-0.25, -0.2) is 0 Å². The van der Waals surface area contributed by atoms with Crippen molar-refractivity contribution in [1.29, 1.82) is 0 Å². The summed E-state index contributed by atoms with van der Waals surface area (Å²) in [6, 6.07) is 10.0. The number of hydrogen-bond acceptors (Lipinski definition) is 6. The quantitative estimate of drug-likeness (QED) is 0.540. The van der Waals surface area contributed by atoms with E-state index in [1.54, 1.807) is 7.05 Å². The number of benzene rings is 1. The average Bonchev–Trinajstić information content (AvgIpc) is 3.14. The minimum absolute atomic E-state index is 0.193. The van der Waals surface area contributed by atoms with Gasteiger partial charge < -0.3 is 19.2 Å². The summed E-state index contributed by atoms with van der Waals surface area (Å²) in [5.41, 5.74) is 1.09. The van der Waals surface area contributed by atoms with E-state index in [-0.39, 0.29) is 22.8 Å². The van der Waals surface area contributed by atoms with Crippen molar-refractivity contribution in [1.82, 2.24) is 19.7 Å². The van der Waals surface area contributed by atoms with Gasteiger partial charge in [-0.2, -0.15) is 4.98 Å². The molecule has 1 fully saturated rings. The molecule has 1 aromatic carbocycles. The Kier molecular flexibility index (Phi) is 3.19. The highest BCUT2D eigenvalue weighted by atomic mass is 16.6. The Balaban J connectivity index is 1.79. The van der Waals surface area contributed by atoms with Crippen LogP contribution in [0.5, 0.6) is 0 Å². The summed E-state index contributed by atoms with van der Waals surface area (Å²) in [5, 5.41) is 15.1. The van der Waals surface area contributed by atoms with E-state index in [9.17, 15) is 10.1 Å². The normalized spacial score (nSPS) is 15.9. The molecular formula is C16H15N5O3. The molecule has 0 atom stereocenters. The van der Waals surface area contributed by atoms with Crippen LogP contribution in [0.25, 0.3) is 11.5 Å². The minimum Gasteiger partial charge on any atom is -0.358 e. The molecule has 8 heteroatoms. The fourth-order valence-electron chi connectivity index (χ4n) is 3.24. The first-order valence-corrected chi connectivity index (χ1v) is 7.67. The van der Waals surface area contributed by atoms with Crippen molar-refractivity contribution in [2.45, 2.75) is 24.7 Å². The molecule has 1 saturated carbocycles. The monoisotopic (exact) mass is 325 g/mol. The van der Waals surface area contributed by atoms with Crippen LogP contribution in [0.1, 0.15) is 30.7 Å². The maximum Gasteiger partial charge on any atom is 0.393 e. The highest BCUT2D eigenvalue weighted by Crippen LogP contribution is 2.48. The van der Waals surface area contributed by atoms with Crippen LogP contribution in [-0.2, 0) is 12.5 Å². The van der Waals surface area contributed by atoms with E-state index in [2.05, 4.69) is 27.3 Å². The smallest absolute Gasteiger partial charge is 0.358 e. The predicted molar refractivity (Wildman–Crippen MR) is 84.2 cm³/mol. The third-order valence-corrected chi connectivity index (χ3v) is 4.67. The molecule has 0 radical (unpaired) electrons.